The molecule has 0 amide bonds. The van der Waals surface area contributed by atoms with E-state index in [9.17, 15) is 10.2 Å². The summed E-state index contributed by atoms with van der Waals surface area (Å²) >= 11 is 0. The summed E-state index contributed by atoms with van der Waals surface area (Å²) in [7, 11) is 0. The maximum absolute atomic E-state index is 10.4. The summed E-state index contributed by atoms with van der Waals surface area (Å²) in [5.74, 6) is 7.07. The first-order chi connectivity index (χ1) is 12.7. The second-order valence-electron chi connectivity index (χ2n) is 10.0. The number of nitrogens with zero attached hydrogens (tertiary/aromatic N) is 1. The molecule has 0 saturated heterocycles. The van der Waals surface area contributed by atoms with Gasteiger partial charge in [-0.15, -0.1) is 0 Å². The predicted octanol–water partition coefficient (Wildman–Crippen LogP) is 5.19. The van der Waals surface area contributed by atoms with Gasteiger partial charge in [-0.05, 0) is 58.1 Å². The quantitative estimate of drug-likeness (QED) is 0.501. The fourth-order valence-electron chi connectivity index (χ4n) is 3.56. The Kier molecular flexibility index (Phi) is 6.17. The molecule has 154 valence electrons. The highest BCUT2D eigenvalue weighted by atomic mass is 16.3. The molecule has 0 aliphatic carbocycles. The highest BCUT2D eigenvalue weighted by Gasteiger charge is 2.22. The maximum atomic E-state index is 10.4. The predicted molar refractivity (Wildman–Crippen MR) is 117 cm³/mol. The Bertz CT molecular complexity index is 787. The van der Waals surface area contributed by atoms with E-state index in [4.69, 9.17) is 5.84 Å². The largest absolute Gasteiger partial charge is 0.507 e. The minimum absolute atomic E-state index is 0.139. The zero-order valence-corrected chi connectivity index (χ0v) is 18.6. The molecule has 0 fully saturated rings. The second-order valence-corrected chi connectivity index (χ2v) is 10.0. The van der Waals surface area contributed by atoms with E-state index in [2.05, 4.69) is 41.5 Å². The number of phenols is 2. The number of hydrazine groups is 1. The summed E-state index contributed by atoms with van der Waals surface area (Å²) in [6, 6.07) is 8.08. The van der Waals surface area contributed by atoms with E-state index in [-0.39, 0.29) is 10.8 Å². The van der Waals surface area contributed by atoms with Crippen LogP contribution in [0.5, 0.6) is 11.5 Å². The Balaban J connectivity index is 2.27. The van der Waals surface area contributed by atoms with Gasteiger partial charge in [-0.25, -0.2) is 5.01 Å². The molecule has 0 radical (unpaired) electrons. The van der Waals surface area contributed by atoms with Gasteiger partial charge >= 0.3 is 0 Å². The summed E-state index contributed by atoms with van der Waals surface area (Å²) in [6.45, 7) is 17.6. The molecule has 0 spiro atoms. The van der Waals surface area contributed by atoms with Crippen LogP contribution < -0.4 is 5.84 Å². The van der Waals surface area contributed by atoms with Crippen LogP contribution in [0, 0.1) is 13.8 Å². The molecule has 0 aromatic heterocycles. The molecule has 28 heavy (non-hydrogen) atoms. The standard InChI is InChI=1S/C24H36N2O2/c1-15-9-17(11-19(21(15)27)23(3,4)5)13-26(25)14-18-10-16(2)22(28)20(12-18)24(6,7)8/h9-12,27-28H,13-14,25H2,1-8H3. The number of aryl methyl sites for hydroxylation is 2. The number of phenolic OH excluding ortho intramolecular Hbond substituents is 2. The van der Waals surface area contributed by atoms with Crippen molar-refractivity contribution in [2.75, 3.05) is 0 Å². The van der Waals surface area contributed by atoms with Crippen LogP contribution in [0.2, 0.25) is 0 Å². The molecular formula is C24H36N2O2. The van der Waals surface area contributed by atoms with E-state index in [1.165, 1.54) is 0 Å². The summed E-state index contributed by atoms with van der Waals surface area (Å²) < 4.78 is 0. The lowest BCUT2D eigenvalue weighted by Crippen LogP contribution is -2.30. The van der Waals surface area contributed by atoms with Crippen molar-refractivity contribution < 1.29 is 10.2 Å². The smallest absolute Gasteiger partial charge is 0.122 e. The normalized spacial score (nSPS) is 12.6. The molecule has 4 heteroatoms. The Labute approximate surface area is 170 Å². The molecule has 2 rings (SSSR count). The first-order valence-corrected chi connectivity index (χ1v) is 9.85. The van der Waals surface area contributed by atoms with Crippen LogP contribution in [0.3, 0.4) is 0 Å². The molecule has 0 aliphatic heterocycles. The number of aromatic hydroxyl groups is 2. The summed E-state index contributed by atoms with van der Waals surface area (Å²) in [5, 5.41) is 22.6. The summed E-state index contributed by atoms with van der Waals surface area (Å²) in [4.78, 5) is 0. The third-order valence-corrected chi connectivity index (χ3v) is 5.11. The number of hydrogen-bond acceptors (Lipinski definition) is 4. The minimum atomic E-state index is -0.139. The summed E-state index contributed by atoms with van der Waals surface area (Å²) in [5.41, 5.74) is 5.49. The third-order valence-electron chi connectivity index (χ3n) is 5.11. The van der Waals surface area contributed by atoms with Crippen molar-refractivity contribution in [3.05, 3.63) is 57.6 Å². The van der Waals surface area contributed by atoms with Gasteiger partial charge in [-0.3, -0.25) is 5.84 Å². The monoisotopic (exact) mass is 384 g/mol. The molecule has 0 unspecified atom stereocenters. The van der Waals surface area contributed by atoms with Gasteiger partial charge < -0.3 is 10.2 Å². The highest BCUT2D eigenvalue weighted by molar-refractivity contribution is 5.47. The van der Waals surface area contributed by atoms with Crippen LogP contribution in [0.25, 0.3) is 0 Å². The van der Waals surface area contributed by atoms with Gasteiger partial charge in [0.05, 0.1) is 0 Å². The molecule has 0 saturated carbocycles. The summed E-state index contributed by atoms with van der Waals surface area (Å²) in [6.07, 6.45) is 0. The van der Waals surface area contributed by atoms with Gasteiger partial charge in [0.1, 0.15) is 11.5 Å². The Morgan fingerprint density at radius 3 is 1.32 bits per heavy atom. The number of rotatable bonds is 4. The average molecular weight is 385 g/mol. The van der Waals surface area contributed by atoms with Gasteiger partial charge in [0.15, 0.2) is 0 Å². The number of benzene rings is 2. The maximum Gasteiger partial charge on any atom is 0.122 e. The lowest BCUT2D eigenvalue weighted by Gasteiger charge is -2.25. The Morgan fingerprint density at radius 2 is 1.04 bits per heavy atom. The fourth-order valence-corrected chi connectivity index (χ4v) is 3.56. The van der Waals surface area contributed by atoms with E-state index in [1.54, 1.807) is 5.01 Å². The molecule has 0 aliphatic rings. The van der Waals surface area contributed by atoms with Crippen LogP contribution in [0.1, 0.15) is 74.9 Å². The molecule has 0 bridgehead atoms. The first-order valence-electron chi connectivity index (χ1n) is 9.85. The fraction of sp³-hybridized carbons (Fsp3) is 0.500. The van der Waals surface area contributed by atoms with Crippen molar-refractivity contribution in [1.82, 2.24) is 5.01 Å². The SMILES string of the molecule is Cc1cc(CN(N)Cc2cc(C)c(O)c(C(C)(C)C)c2)cc(C(C)(C)C)c1O. The second kappa shape index (κ2) is 7.76. The lowest BCUT2D eigenvalue weighted by molar-refractivity contribution is 0.265. The highest BCUT2D eigenvalue weighted by Crippen LogP contribution is 2.35. The van der Waals surface area contributed by atoms with E-state index in [1.807, 2.05) is 38.1 Å². The zero-order valence-electron chi connectivity index (χ0n) is 18.6. The van der Waals surface area contributed by atoms with Crippen LogP contribution in [0.15, 0.2) is 24.3 Å². The molecule has 2 aromatic rings. The molecule has 2 aromatic carbocycles. The van der Waals surface area contributed by atoms with Crippen molar-refractivity contribution in [1.29, 1.82) is 0 Å². The third kappa shape index (κ3) is 5.06. The minimum Gasteiger partial charge on any atom is -0.507 e. The Morgan fingerprint density at radius 1 is 0.714 bits per heavy atom. The van der Waals surface area contributed by atoms with Crippen molar-refractivity contribution >= 4 is 0 Å². The van der Waals surface area contributed by atoms with Gasteiger partial charge in [-0.2, -0.15) is 0 Å². The van der Waals surface area contributed by atoms with Gasteiger partial charge in [-0.1, -0.05) is 65.8 Å². The number of nitrogens with two attached hydrogens (primary N) is 1. The van der Waals surface area contributed by atoms with Gasteiger partial charge in [0, 0.05) is 13.1 Å². The van der Waals surface area contributed by atoms with E-state index in [0.717, 1.165) is 33.4 Å². The molecule has 4 nitrogen and oxygen atoms in total. The van der Waals surface area contributed by atoms with E-state index in [0.29, 0.717) is 24.6 Å². The van der Waals surface area contributed by atoms with Crippen molar-refractivity contribution in [2.45, 2.75) is 79.3 Å². The van der Waals surface area contributed by atoms with E-state index < -0.39 is 0 Å². The topological polar surface area (TPSA) is 69.7 Å². The van der Waals surface area contributed by atoms with Crippen LogP contribution in [0.4, 0.5) is 0 Å². The Hall–Kier alpha value is -2.04. The van der Waals surface area contributed by atoms with Gasteiger partial charge in [0.2, 0.25) is 0 Å². The van der Waals surface area contributed by atoms with Crippen LogP contribution in [-0.2, 0) is 23.9 Å². The van der Waals surface area contributed by atoms with Crippen LogP contribution >= 0.6 is 0 Å². The van der Waals surface area contributed by atoms with Crippen molar-refractivity contribution in [3.63, 3.8) is 0 Å². The van der Waals surface area contributed by atoms with Crippen LogP contribution in [-0.4, -0.2) is 15.2 Å². The molecule has 0 heterocycles. The van der Waals surface area contributed by atoms with Crippen molar-refractivity contribution in [3.8, 4) is 11.5 Å². The number of hydrogen-bond donors (Lipinski definition) is 3. The average Bonchev–Trinajstić information content (AvgIpc) is 2.51. The lowest BCUT2D eigenvalue weighted by atomic mass is 9.84. The zero-order chi connectivity index (χ0) is 21.4. The van der Waals surface area contributed by atoms with Crippen molar-refractivity contribution in [2.24, 2.45) is 5.84 Å². The molecular weight excluding hydrogens is 348 g/mol. The van der Waals surface area contributed by atoms with E-state index >= 15 is 0 Å². The molecule has 4 N–H and O–H groups in total. The first kappa shape index (κ1) is 22.3. The van der Waals surface area contributed by atoms with Gasteiger partial charge in [0.25, 0.3) is 0 Å². The molecule has 0 atom stereocenters.